The lowest BCUT2D eigenvalue weighted by Crippen LogP contribution is -2.14. The average molecular weight is 369 g/mol. The minimum atomic E-state index is 0.702. The van der Waals surface area contributed by atoms with Crippen molar-refractivity contribution in [2.75, 3.05) is 0 Å². The molecule has 2 aromatic carbocycles. The quantitative estimate of drug-likeness (QED) is 0.511. The minimum Gasteiger partial charge on any atom is -0.327 e. The molecule has 1 unspecified atom stereocenters. The van der Waals surface area contributed by atoms with Crippen LogP contribution < -0.4 is 0 Å². The zero-order valence-corrected chi connectivity index (χ0v) is 16.4. The topological polar surface area (TPSA) is 17.8 Å². The average Bonchev–Trinajstić information content (AvgIpc) is 3.35. The molecule has 1 atom stereocenters. The first-order valence-electron chi connectivity index (χ1n) is 10.7. The van der Waals surface area contributed by atoms with Crippen LogP contribution in [-0.2, 0) is 6.54 Å². The first-order valence-corrected chi connectivity index (χ1v) is 10.7. The highest BCUT2D eigenvalue weighted by Crippen LogP contribution is 2.49. The summed E-state index contributed by atoms with van der Waals surface area (Å²) in [5, 5.41) is 0. The molecule has 28 heavy (non-hydrogen) atoms. The number of nitrogens with zero attached hydrogens (tertiary/aromatic N) is 2. The maximum atomic E-state index is 4.44. The van der Waals surface area contributed by atoms with E-state index >= 15 is 0 Å². The van der Waals surface area contributed by atoms with Crippen molar-refractivity contribution >= 4 is 11.6 Å². The van der Waals surface area contributed by atoms with E-state index in [-0.39, 0.29) is 0 Å². The summed E-state index contributed by atoms with van der Waals surface area (Å²) in [6, 6.07) is 19.7. The molecular weight excluding hydrogens is 340 g/mol. The summed E-state index contributed by atoms with van der Waals surface area (Å²) >= 11 is 0. The fourth-order valence-electron chi connectivity index (χ4n) is 5.21. The van der Waals surface area contributed by atoms with E-state index in [1.165, 1.54) is 60.9 Å². The Hall–Kier alpha value is -2.61. The van der Waals surface area contributed by atoms with Gasteiger partial charge in [-0.2, -0.15) is 0 Å². The Bertz CT molecular complexity index is 961. The number of hydrogen-bond donors (Lipinski definition) is 0. The largest absolute Gasteiger partial charge is 0.327 e. The van der Waals surface area contributed by atoms with E-state index in [0.29, 0.717) is 5.92 Å². The Balaban J connectivity index is 1.45. The number of aromatic nitrogens is 2. The smallest absolute Gasteiger partial charge is 0.0953 e. The maximum absolute atomic E-state index is 4.44. The molecular formula is C26H28N2. The number of hydrogen-bond acceptors (Lipinski definition) is 1. The first kappa shape index (κ1) is 17.5. The molecule has 0 saturated heterocycles. The molecule has 5 rings (SSSR count). The molecule has 1 saturated carbocycles. The van der Waals surface area contributed by atoms with Crippen LogP contribution in [0.15, 0.2) is 67.1 Å². The van der Waals surface area contributed by atoms with Crippen molar-refractivity contribution in [2.45, 2.75) is 51.0 Å². The summed E-state index contributed by atoms with van der Waals surface area (Å²) in [6.45, 7) is 0.869. The lowest BCUT2D eigenvalue weighted by Gasteiger charge is -2.27. The second-order valence-electron chi connectivity index (χ2n) is 8.40. The van der Waals surface area contributed by atoms with E-state index in [1.54, 1.807) is 5.56 Å². The van der Waals surface area contributed by atoms with Gasteiger partial charge in [0.25, 0.3) is 0 Å². The van der Waals surface area contributed by atoms with Crippen molar-refractivity contribution in [3.8, 4) is 0 Å². The summed E-state index contributed by atoms with van der Waals surface area (Å²) in [6.07, 6.45) is 14.6. The number of imidazole rings is 1. The number of fused-ring (bicyclic) bond motifs is 1. The van der Waals surface area contributed by atoms with Gasteiger partial charge in [0.05, 0.1) is 18.2 Å². The highest BCUT2D eigenvalue weighted by molar-refractivity contribution is 5.85. The molecule has 0 bridgehead atoms. The molecule has 0 amide bonds. The zero-order chi connectivity index (χ0) is 18.8. The number of benzene rings is 2. The van der Waals surface area contributed by atoms with Crippen LogP contribution in [0.1, 0.15) is 66.8 Å². The van der Waals surface area contributed by atoms with Crippen molar-refractivity contribution in [2.24, 2.45) is 5.92 Å². The van der Waals surface area contributed by atoms with Gasteiger partial charge < -0.3 is 4.57 Å². The van der Waals surface area contributed by atoms with Crippen LogP contribution in [0.4, 0.5) is 0 Å². The molecule has 2 heteroatoms. The van der Waals surface area contributed by atoms with Crippen molar-refractivity contribution in [1.29, 1.82) is 0 Å². The molecule has 3 aromatic rings. The minimum absolute atomic E-state index is 0.702. The Kier molecular flexibility index (Phi) is 4.86. The van der Waals surface area contributed by atoms with Crippen molar-refractivity contribution < 1.29 is 0 Å². The van der Waals surface area contributed by atoms with Gasteiger partial charge >= 0.3 is 0 Å². The van der Waals surface area contributed by atoms with Crippen molar-refractivity contribution in [3.63, 3.8) is 0 Å². The van der Waals surface area contributed by atoms with E-state index in [1.807, 2.05) is 12.5 Å². The van der Waals surface area contributed by atoms with Crippen LogP contribution in [0.25, 0.3) is 11.6 Å². The molecule has 0 radical (unpaired) electrons. The second-order valence-corrected chi connectivity index (χ2v) is 8.40. The summed E-state index contributed by atoms with van der Waals surface area (Å²) < 4.78 is 2.26. The van der Waals surface area contributed by atoms with E-state index in [0.717, 1.165) is 12.5 Å². The van der Waals surface area contributed by atoms with E-state index in [9.17, 15) is 0 Å². The fourth-order valence-corrected chi connectivity index (χ4v) is 5.21. The molecule has 1 heterocycles. The molecule has 1 aromatic heterocycles. The predicted molar refractivity (Wildman–Crippen MR) is 116 cm³/mol. The SMILES string of the molecule is C(=C1CC(C2CCCCC2)c2ccccc21)c1cncn1Cc1ccccc1. The van der Waals surface area contributed by atoms with Gasteiger partial charge in [0.1, 0.15) is 0 Å². The van der Waals surface area contributed by atoms with Crippen molar-refractivity contribution in [1.82, 2.24) is 9.55 Å². The molecule has 2 aliphatic carbocycles. The highest BCUT2D eigenvalue weighted by atomic mass is 15.0. The third-order valence-electron chi connectivity index (χ3n) is 6.63. The van der Waals surface area contributed by atoms with Crippen molar-refractivity contribution in [3.05, 3.63) is 89.5 Å². The standard InChI is InChI=1S/C26H28N2/c1-3-9-20(10-4-1)18-28-19-27-17-23(28)15-22-16-26(21-11-5-2-6-12-21)25-14-8-7-13-24(22)25/h1,3-4,7-10,13-15,17,19,21,26H,2,5-6,11-12,16,18H2. The van der Waals surface area contributed by atoms with Crippen LogP contribution >= 0.6 is 0 Å². The van der Waals surface area contributed by atoms with Gasteiger partial charge in [-0.05, 0) is 59.4 Å². The number of allylic oxidation sites excluding steroid dienone is 1. The van der Waals surface area contributed by atoms with Gasteiger partial charge in [-0.25, -0.2) is 4.98 Å². The van der Waals surface area contributed by atoms with Crippen LogP contribution in [0.5, 0.6) is 0 Å². The lowest BCUT2D eigenvalue weighted by atomic mass is 9.77. The molecule has 1 fully saturated rings. The summed E-state index contributed by atoms with van der Waals surface area (Å²) in [5.74, 6) is 1.56. The molecule has 142 valence electrons. The summed E-state index contributed by atoms with van der Waals surface area (Å²) in [7, 11) is 0. The van der Waals surface area contributed by atoms with Gasteiger partial charge in [-0.15, -0.1) is 0 Å². The Morgan fingerprint density at radius 3 is 2.57 bits per heavy atom. The fraction of sp³-hybridized carbons (Fsp3) is 0.346. The van der Waals surface area contributed by atoms with Gasteiger partial charge in [0.15, 0.2) is 0 Å². The van der Waals surface area contributed by atoms with Crippen LogP contribution in [0.3, 0.4) is 0 Å². The third-order valence-corrected chi connectivity index (χ3v) is 6.63. The van der Waals surface area contributed by atoms with E-state index in [2.05, 4.69) is 70.2 Å². The summed E-state index contributed by atoms with van der Waals surface area (Å²) in [4.78, 5) is 4.44. The molecule has 2 aliphatic rings. The zero-order valence-electron chi connectivity index (χ0n) is 16.4. The highest BCUT2D eigenvalue weighted by Gasteiger charge is 2.33. The van der Waals surface area contributed by atoms with Gasteiger partial charge in [0, 0.05) is 6.54 Å². The van der Waals surface area contributed by atoms with E-state index < -0.39 is 0 Å². The van der Waals surface area contributed by atoms with Crippen LogP contribution in [0.2, 0.25) is 0 Å². The maximum Gasteiger partial charge on any atom is 0.0953 e. The van der Waals surface area contributed by atoms with Crippen LogP contribution in [0, 0.1) is 5.92 Å². The van der Waals surface area contributed by atoms with Gasteiger partial charge in [0.2, 0.25) is 0 Å². The lowest BCUT2D eigenvalue weighted by molar-refractivity contribution is 0.310. The normalized spacial score (nSPS) is 21.1. The van der Waals surface area contributed by atoms with E-state index in [4.69, 9.17) is 0 Å². The number of rotatable bonds is 4. The predicted octanol–water partition coefficient (Wildman–Crippen LogP) is 6.54. The van der Waals surface area contributed by atoms with Gasteiger partial charge in [-0.1, -0.05) is 73.9 Å². The Morgan fingerprint density at radius 2 is 1.71 bits per heavy atom. The second kappa shape index (κ2) is 7.79. The van der Waals surface area contributed by atoms with Gasteiger partial charge in [-0.3, -0.25) is 0 Å². The molecule has 2 nitrogen and oxygen atoms in total. The first-order chi connectivity index (χ1) is 13.9. The molecule has 0 spiro atoms. The summed E-state index contributed by atoms with van der Waals surface area (Å²) in [5.41, 5.74) is 7.05. The molecule has 0 aliphatic heterocycles. The molecule has 0 N–H and O–H groups in total. The Labute approximate surface area is 167 Å². The monoisotopic (exact) mass is 368 g/mol. The Morgan fingerprint density at radius 1 is 0.929 bits per heavy atom. The van der Waals surface area contributed by atoms with Crippen LogP contribution in [-0.4, -0.2) is 9.55 Å². The third kappa shape index (κ3) is 3.44.